The van der Waals surface area contributed by atoms with E-state index in [1.807, 2.05) is 12.1 Å². The highest BCUT2D eigenvalue weighted by Gasteiger charge is 2.11. The van der Waals surface area contributed by atoms with Gasteiger partial charge in [-0.3, -0.25) is 4.79 Å². The lowest BCUT2D eigenvalue weighted by Gasteiger charge is -2.05. The van der Waals surface area contributed by atoms with Gasteiger partial charge < -0.3 is 5.32 Å². The molecule has 0 spiro atoms. The number of halogens is 1. The number of benzene rings is 2. The summed E-state index contributed by atoms with van der Waals surface area (Å²) in [6.45, 7) is 0. The summed E-state index contributed by atoms with van der Waals surface area (Å²) in [6, 6.07) is 12.1. The minimum atomic E-state index is -0.283. The Morgan fingerprint density at radius 2 is 1.81 bits per heavy atom. The van der Waals surface area contributed by atoms with E-state index in [0.29, 0.717) is 0 Å². The Morgan fingerprint density at radius 3 is 2.62 bits per heavy atom. The van der Waals surface area contributed by atoms with E-state index in [4.69, 9.17) is 0 Å². The third-order valence-corrected chi connectivity index (χ3v) is 3.66. The van der Waals surface area contributed by atoms with Gasteiger partial charge in [-0.2, -0.15) is 0 Å². The number of hydrogen-bond donors (Lipinski definition) is 1. The first-order chi connectivity index (χ1) is 10.2. The summed E-state index contributed by atoms with van der Waals surface area (Å²) in [5.41, 5.74) is 4.33. The smallest absolute Gasteiger partial charge is 0.248 e. The molecule has 0 aromatic heterocycles. The lowest BCUT2D eigenvalue weighted by molar-refractivity contribution is -0.111. The molecule has 0 saturated carbocycles. The van der Waals surface area contributed by atoms with Crippen LogP contribution in [0.4, 0.5) is 10.1 Å². The molecule has 2 aromatic carbocycles. The van der Waals surface area contributed by atoms with Crippen molar-refractivity contribution in [3.63, 3.8) is 0 Å². The second-order valence-corrected chi connectivity index (χ2v) is 5.21. The zero-order valence-corrected chi connectivity index (χ0v) is 11.6. The molecule has 1 aliphatic carbocycles. The monoisotopic (exact) mass is 281 g/mol. The van der Waals surface area contributed by atoms with Gasteiger partial charge >= 0.3 is 0 Å². The van der Waals surface area contributed by atoms with Crippen molar-refractivity contribution in [1.82, 2.24) is 0 Å². The van der Waals surface area contributed by atoms with Crippen molar-refractivity contribution in [2.24, 2.45) is 0 Å². The molecule has 1 N–H and O–H groups in total. The molecule has 3 rings (SSSR count). The second kappa shape index (κ2) is 5.92. The molecule has 3 heteroatoms. The average molecular weight is 281 g/mol. The molecule has 0 fully saturated rings. The summed E-state index contributed by atoms with van der Waals surface area (Å²) in [7, 11) is 0. The lowest BCUT2D eigenvalue weighted by Crippen LogP contribution is -2.08. The predicted molar refractivity (Wildman–Crippen MR) is 82.5 cm³/mol. The van der Waals surface area contributed by atoms with Gasteiger partial charge in [-0.05, 0) is 66.3 Å². The molecular formula is C18H16FNO. The van der Waals surface area contributed by atoms with Gasteiger partial charge in [-0.25, -0.2) is 4.39 Å². The maximum Gasteiger partial charge on any atom is 0.248 e. The van der Waals surface area contributed by atoms with Crippen LogP contribution in [0.15, 0.2) is 48.5 Å². The van der Waals surface area contributed by atoms with E-state index in [1.54, 1.807) is 18.2 Å². The summed E-state index contributed by atoms with van der Waals surface area (Å²) >= 11 is 0. The number of nitrogens with one attached hydrogen (secondary N) is 1. The molecule has 1 aliphatic rings. The number of carbonyl (C=O) groups excluding carboxylic acids is 1. The van der Waals surface area contributed by atoms with Crippen molar-refractivity contribution in [2.45, 2.75) is 19.3 Å². The minimum Gasteiger partial charge on any atom is -0.323 e. The van der Waals surface area contributed by atoms with Gasteiger partial charge in [0.2, 0.25) is 5.91 Å². The molecule has 0 atom stereocenters. The second-order valence-electron chi connectivity index (χ2n) is 5.21. The number of fused-ring (bicyclic) bond motifs is 1. The predicted octanol–water partition coefficient (Wildman–Crippen LogP) is 3.97. The van der Waals surface area contributed by atoms with Crippen molar-refractivity contribution >= 4 is 17.7 Å². The van der Waals surface area contributed by atoms with Crippen LogP contribution >= 0.6 is 0 Å². The minimum absolute atomic E-state index is 0.183. The van der Waals surface area contributed by atoms with E-state index in [0.717, 1.165) is 24.1 Å². The van der Waals surface area contributed by atoms with Crippen LogP contribution in [0, 0.1) is 5.82 Å². The highest BCUT2D eigenvalue weighted by molar-refractivity contribution is 6.02. The normalized spacial score (nSPS) is 13.4. The zero-order chi connectivity index (χ0) is 14.7. The van der Waals surface area contributed by atoms with Crippen LogP contribution in [0.3, 0.4) is 0 Å². The maximum atomic E-state index is 12.8. The highest BCUT2D eigenvalue weighted by atomic mass is 19.1. The van der Waals surface area contributed by atoms with Crippen LogP contribution in [0.25, 0.3) is 6.08 Å². The molecule has 0 bridgehead atoms. The first-order valence-electron chi connectivity index (χ1n) is 7.07. The third kappa shape index (κ3) is 3.37. The van der Waals surface area contributed by atoms with E-state index >= 15 is 0 Å². The van der Waals surface area contributed by atoms with Gasteiger partial charge in [0, 0.05) is 11.8 Å². The molecule has 21 heavy (non-hydrogen) atoms. The molecule has 2 nitrogen and oxygen atoms in total. The Balaban J connectivity index is 1.65. The summed E-state index contributed by atoms with van der Waals surface area (Å²) in [5.74, 6) is -0.466. The average Bonchev–Trinajstić information content (AvgIpc) is 2.94. The molecule has 0 unspecified atom stereocenters. The number of anilines is 1. The Labute approximate surface area is 123 Å². The number of amides is 1. The van der Waals surface area contributed by atoms with Crippen molar-refractivity contribution in [3.8, 4) is 0 Å². The van der Waals surface area contributed by atoms with E-state index < -0.39 is 0 Å². The molecule has 2 aromatic rings. The molecule has 0 radical (unpaired) electrons. The van der Waals surface area contributed by atoms with Gasteiger partial charge in [0.25, 0.3) is 0 Å². The molecule has 0 heterocycles. The van der Waals surface area contributed by atoms with Gasteiger partial charge in [0.15, 0.2) is 0 Å². The Kier molecular flexibility index (Phi) is 3.82. The van der Waals surface area contributed by atoms with Gasteiger partial charge in [0.1, 0.15) is 5.82 Å². The molecule has 0 saturated heterocycles. The van der Waals surface area contributed by atoms with Crippen molar-refractivity contribution in [1.29, 1.82) is 0 Å². The Morgan fingerprint density at radius 1 is 1.05 bits per heavy atom. The van der Waals surface area contributed by atoms with Crippen molar-refractivity contribution < 1.29 is 9.18 Å². The molecule has 106 valence electrons. The lowest BCUT2D eigenvalue weighted by atomic mass is 10.1. The molecule has 1 amide bonds. The standard InChI is InChI=1S/C18H16FNO/c19-16-8-4-13(5-9-16)6-11-18(21)20-17-10-7-14-2-1-3-15(14)12-17/h4-12H,1-3H2,(H,20,21)/b11-6+. The van der Waals surface area contributed by atoms with E-state index in [-0.39, 0.29) is 11.7 Å². The SMILES string of the molecule is O=C(/C=C/c1ccc(F)cc1)Nc1ccc2c(c1)CCC2. The molecule has 0 aliphatic heterocycles. The Bertz CT molecular complexity index is 689. The van der Waals surface area contributed by atoms with Crippen molar-refractivity contribution in [3.05, 3.63) is 71.0 Å². The van der Waals surface area contributed by atoms with Gasteiger partial charge in [0.05, 0.1) is 0 Å². The topological polar surface area (TPSA) is 29.1 Å². The zero-order valence-electron chi connectivity index (χ0n) is 11.6. The van der Waals surface area contributed by atoms with Crippen LogP contribution in [0.5, 0.6) is 0 Å². The summed E-state index contributed by atoms with van der Waals surface area (Å²) in [6.07, 6.45) is 6.54. The largest absolute Gasteiger partial charge is 0.323 e. The van der Waals surface area contributed by atoms with E-state index in [2.05, 4.69) is 11.4 Å². The maximum absolute atomic E-state index is 12.8. The number of hydrogen-bond acceptors (Lipinski definition) is 1. The summed E-state index contributed by atoms with van der Waals surface area (Å²) in [4.78, 5) is 11.9. The van der Waals surface area contributed by atoms with Gasteiger partial charge in [-0.15, -0.1) is 0 Å². The summed E-state index contributed by atoms with van der Waals surface area (Å²) < 4.78 is 12.8. The van der Waals surface area contributed by atoms with Crippen LogP contribution in [-0.4, -0.2) is 5.91 Å². The number of rotatable bonds is 3. The van der Waals surface area contributed by atoms with E-state index in [1.165, 1.54) is 35.8 Å². The molecular weight excluding hydrogens is 265 g/mol. The fourth-order valence-corrected chi connectivity index (χ4v) is 2.58. The van der Waals surface area contributed by atoms with E-state index in [9.17, 15) is 9.18 Å². The summed E-state index contributed by atoms with van der Waals surface area (Å²) in [5, 5.41) is 2.85. The van der Waals surface area contributed by atoms with Crippen LogP contribution < -0.4 is 5.32 Å². The fourth-order valence-electron chi connectivity index (χ4n) is 2.58. The van der Waals surface area contributed by atoms with Crippen molar-refractivity contribution in [2.75, 3.05) is 5.32 Å². The van der Waals surface area contributed by atoms with Crippen LogP contribution in [0.2, 0.25) is 0 Å². The number of carbonyl (C=O) groups is 1. The quantitative estimate of drug-likeness (QED) is 0.847. The van der Waals surface area contributed by atoms with Crippen LogP contribution in [0.1, 0.15) is 23.1 Å². The Hall–Kier alpha value is -2.42. The fraction of sp³-hybridized carbons (Fsp3) is 0.167. The van der Waals surface area contributed by atoms with Crippen LogP contribution in [-0.2, 0) is 17.6 Å². The highest BCUT2D eigenvalue weighted by Crippen LogP contribution is 2.24. The number of aryl methyl sites for hydroxylation is 2. The third-order valence-electron chi connectivity index (χ3n) is 3.66. The van der Waals surface area contributed by atoms with Gasteiger partial charge in [-0.1, -0.05) is 18.2 Å². The first kappa shape index (κ1) is 13.6. The first-order valence-corrected chi connectivity index (χ1v) is 7.07.